The molecule has 1 aromatic rings. The highest BCUT2D eigenvalue weighted by atomic mass is 16.4. The number of piperidine rings is 1. The predicted octanol–water partition coefficient (Wildman–Crippen LogP) is 1.34. The molecule has 1 saturated carbocycles. The van der Waals surface area contributed by atoms with E-state index in [4.69, 9.17) is 10.1 Å². The van der Waals surface area contributed by atoms with Gasteiger partial charge >= 0.3 is 5.97 Å². The summed E-state index contributed by atoms with van der Waals surface area (Å²) in [7, 11) is 2.04. The lowest BCUT2D eigenvalue weighted by atomic mass is 9.95. The molecule has 0 unspecified atom stereocenters. The number of aliphatic carboxylic acids is 1. The van der Waals surface area contributed by atoms with Crippen molar-refractivity contribution < 1.29 is 14.7 Å². The summed E-state index contributed by atoms with van der Waals surface area (Å²) in [6.45, 7) is 7.86. The van der Waals surface area contributed by atoms with E-state index in [2.05, 4.69) is 46.7 Å². The Morgan fingerprint density at radius 1 is 1.04 bits per heavy atom. The van der Waals surface area contributed by atoms with Gasteiger partial charge in [-0.1, -0.05) is 19.3 Å². The summed E-state index contributed by atoms with van der Waals surface area (Å²) >= 11 is 0. The molecule has 1 aromatic heterocycles. The summed E-state index contributed by atoms with van der Waals surface area (Å²) < 4.78 is 0. The highest BCUT2D eigenvalue weighted by Crippen LogP contribution is 2.23. The topological polar surface area (TPSA) is 172 Å². The number of carboxylic acid groups (broad SMARTS) is 1. The van der Waals surface area contributed by atoms with Crippen molar-refractivity contribution in [3.05, 3.63) is 11.8 Å². The third-order valence-electron chi connectivity index (χ3n) is 8.69. The monoisotopic (exact) mass is 627 g/mol. The minimum atomic E-state index is -0.922. The number of hydrazone groups is 1. The van der Waals surface area contributed by atoms with Crippen molar-refractivity contribution >= 4 is 35.2 Å². The molecule has 1 saturated heterocycles. The molecule has 2 fully saturated rings. The quantitative estimate of drug-likeness (QED) is 0.122. The maximum absolute atomic E-state index is 12.5. The summed E-state index contributed by atoms with van der Waals surface area (Å²) in [6, 6.07) is 2.97. The van der Waals surface area contributed by atoms with Crippen molar-refractivity contribution in [2.45, 2.75) is 83.2 Å². The van der Waals surface area contributed by atoms with Crippen LogP contribution in [0.3, 0.4) is 0 Å². The lowest BCUT2D eigenvalue weighted by Crippen LogP contribution is -2.46. The number of aromatic nitrogens is 2. The standard InChI is InChI=1S/C31H53N11O3/c1-23-20-27(41(2)25-11-18-42(19-12-25)28(43)10-17-33-22-29(44)45)38-31(37-23)36-21-26-30(40-39-26)35-16-7-14-32-13-6-15-34-24-8-4-3-5-9-24/h20,24-25,32-34H,3-19,21-22H2,1-2H3,(H,35,40)(H,44,45)(H,36,37,38). The predicted molar refractivity (Wildman–Crippen MR) is 178 cm³/mol. The Morgan fingerprint density at radius 3 is 2.56 bits per heavy atom. The van der Waals surface area contributed by atoms with Gasteiger partial charge in [0.2, 0.25) is 11.9 Å². The van der Waals surface area contributed by atoms with Gasteiger partial charge in [-0.15, -0.1) is 0 Å². The van der Waals surface area contributed by atoms with Gasteiger partial charge in [0.15, 0.2) is 5.84 Å². The van der Waals surface area contributed by atoms with Gasteiger partial charge in [0.25, 0.3) is 0 Å². The number of amides is 1. The Labute approximate surface area is 267 Å². The number of nitrogens with one attached hydrogen (secondary N) is 5. The molecular weight excluding hydrogens is 574 g/mol. The van der Waals surface area contributed by atoms with Gasteiger partial charge in [-0.3, -0.25) is 20.0 Å². The Balaban J connectivity index is 1.11. The van der Waals surface area contributed by atoms with Crippen LogP contribution in [0.5, 0.6) is 0 Å². The molecule has 4 rings (SSSR count). The molecule has 0 atom stereocenters. The number of aryl methyl sites for hydroxylation is 1. The van der Waals surface area contributed by atoms with E-state index in [1.54, 1.807) is 0 Å². The van der Waals surface area contributed by atoms with E-state index in [1.807, 2.05) is 24.9 Å². The van der Waals surface area contributed by atoms with Crippen LogP contribution in [0.25, 0.3) is 0 Å². The molecule has 0 aromatic carbocycles. The van der Waals surface area contributed by atoms with Crippen molar-refractivity contribution in [1.82, 2.24) is 36.2 Å². The minimum Gasteiger partial charge on any atom is -0.480 e. The van der Waals surface area contributed by atoms with Crippen LogP contribution in [0.15, 0.2) is 16.2 Å². The molecule has 14 heteroatoms. The molecule has 2 aliphatic heterocycles. The van der Waals surface area contributed by atoms with Crippen LogP contribution in [-0.2, 0) is 9.59 Å². The average Bonchev–Trinajstić information content (AvgIpc) is 3.03. The first-order valence-corrected chi connectivity index (χ1v) is 16.7. The Morgan fingerprint density at radius 2 is 1.82 bits per heavy atom. The number of anilines is 2. The summed E-state index contributed by atoms with van der Waals surface area (Å²) in [5.74, 6) is 1.35. The maximum Gasteiger partial charge on any atom is 0.317 e. The van der Waals surface area contributed by atoms with E-state index < -0.39 is 5.97 Å². The number of aliphatic imine (C=N–C) groups is 1. The average molecular weight is 628 g/mol. The third-order valence-corrected chi connectivity index (χ3v) is 8.69. The third kappa shape index (κ3) is 11.8. The van der Waals surface area contributed by atoms with Crippen LogP contribution in [0.1, 0.15) is 69.9 Å². The number of rotatable bonds is 19. The first kappa shape index (κ1) is 34.5. The van der Waals surface area contributed by atoms with Crippen molar-refractivity contribution in [1.29, 1.82) is 0 Å². The zero-order valence-corrected chi connectivity index (χ0v) is 27.1. The molecule has 14 nitrogen and oxygen atoms in total. The van der Waals surface area contributed by atoms with Crippen molar-refractivity contribution in [3.63, 3.8) is 0 Å². The van der Waals surface area contributed by atoms with Crippen molar-refractivity contribution in [3.8, 4) is 0 Å². The van der Waals surface area contributed by atoms with E-state index in [0.29, 0.717) is 38.5 Å². The van der Waals surface area contributed by atoms with E-state index in [1.165, 1.54) is 32.1 Å². The zero-order valence-electron chi connectivity index (χ0n) is 27.1. The first-order chi connectivity index (χ1) is 21.9. The number of likely N-dealkylation sites (tertiary alicyclic amines) is 1. The number of hydrogen-bond donors (Lipinski definition) is 6. The second-order valence-corrected chi connectivity index (χ2v) is 12.2. The second kappa shape index (κ2) is 18.6. The molecule has 45 heavy (non-hydrogen) atoms. The molecule has 0 spiro atoms. The summed E-state index contributed by atoms with van der Waals surface area (Å²) in [6.07, 6.45) is 10.9. The lowest BCUT2D eigenvalue weighted by Gasteiger charge is -2.37. The van der Waals surface area contributed by atoms with E-state index in [9.17, 15) is 9.59 Å². The zero-order chi connectivity index (χ0) is 31.9. The van der Waals surface area contributed by atoms with Crippen LogP contribution >= 0.6 is 0 Å². The molecule has 0 bridgehead atoms. The fourth-order valence-corrected chi connectivity index (χ4v) is 5.99. The Bertz CT molecular complexity index is 1150. The Hall–Kier alpha value is -3.36. The lowest BCUT2D eigenvalue weighted by molar-refractivity contribution is -0.136. The van der Waals surface area contributed by atoms with Gasteiger partial charge in [0, 0.05) is 63.5 Å². The number of hydrogen-bond acceptors (Lipinski definition) is 11. The van der Waals surface area contributed by atoms with E-state index >= 15 is 0 Å². The number of carboxylic acids is 1. The number of carbonyl (C=O) groups excluding carboxylic acids is 1. The van der Waals surface area contributed by atoms with Crippen molar-refractivity contribution in [2.75, 3.05) is 76.2 Å². The first-order valence-electron chi connectivity index (χ1n) is 16.7. The number of carbonyl (C=O) groups is 2. The van der Waals surface area contributed by atoms with Crippen LogP contribution in [-0.4, -0.2) is 121 Å². The molecule has 250 valence electrons. The van der Waals surface area contributed by atoms with Crippen LogP contribution in [0.4, 0.5) is 11.8 Å². The molecule has 0 radical (unpaired) electrons. The number of nitrogens with zero attached hydrogens (tertiary/aromatic N) is 6. The van der Waals surface area contributed by atoms with Gasteiger partial charge in [-0.2, -0.15) is 10.1 Å². The fourth-order valence-electron chi connectivity index (χ4n) is 5.99. The molecule has 3 heterocycles. The van der Waals surface area contributed by atoms with Gasteiger partial charge in [0.1, 0.15) is 11.5 Å². The summed E-state index contributed by atoms with van der Waals surface area (Å²) in [5.41, 5.74) is 4.70. The highest BCUT2D eigenvalue weighted by Gasteiger charge is 2.26. The van der Waals surface area contributed by atoms with E-state index in [-0.39, 0.29) is 18.5 Å². The highest BCUT2D eigenvalue weighted by molar-refractivity contribution is 6.46. The molecule has 6 N–H and O–H groups in total. The largest absolute Gasteiger partial charge is 0.480 e. The van der Waals surface area contributed by atoms with Gasteiger partial charge in [-0.25, -0.2) is 4.98 Å². The Kier molecular flexibility index (Phi) is 14.2. The molecule has 1 aliphatic carbocycles. The van der Waals surface area contributed by atoms with Gasteiger partial charge < -0.3 is 36.2 Å². The van der Waals surface area contributed by atoms with Crippen molar-refractivity contribution in [2.24, 2.45) is 10.1 Å². The summed E-state index contributed by atoms with van der Waals surface area (Å²) in [4.78, 5) is 41.2. The smallest absolute Gasteiger partial charge is 0.317 e. The molecular formula is C31H53N11O3. The fraction of sp³-hybridized carbons (Fsp3) is 0.742. The molecule has 1 amide bonds. The summed E-state index contributed by atoms with van der Waals surface area (Å²) in [5, 5.41) is 26.3. The van der Waals surface area contributed by atoms with E-state index in [0.717, 1.165) is 81.0 Å². The van der Waals surface area contributed by atoms with Crippen LogP contribution < -0.4 is 31.6 Å². The SMILES string of the molecule is Cc1cc(N(C)C2CCN(C(=O)CCNCC(=O)O)CC2)nc(NCC2=NNC2=NCCCNCCCNC2CCCCC2)n1. The van der Waals surface area contributed by atoms with Crippen LogP contribution in [0.2, 0.25) is 0 Å². The van der Waals surface area contributed by atoms with Gasteiger partial charge in [0.05, 0.1) is 13.1 Å². The maximum atomic E-state index is 12.5. The number of amidine groups is 1. The minimum absolute atomic E-state index is 0.0549. The van der Waals surface area contributed by atoms with Gasteiger partial charge in [-0.05, 0) is 65.1 Å². The second-order valence-electron chi connectivity index (χ2n) is 12.2. The van der Waals surface area contributed by atoms with Crippen LogP contribution in [0, 0.1) is 6.92 Å². The molecule has 3 aliphatic rings. The normalized spacial score (nSPS) is 18.3.